The highest BCUT2D eigenvalue weighted by molar-refractivity contribution is 8.02. The van der Waals surface area contributed by atoms with Crippen LogP contribution >= 0.6 is 11.8 Å². The summed E-state index contributed by atoms with van der Waals surface area (Å²) >= 11 is 1.40. The number of anilines is 2. The standard InChI is InChI=1S/C22H22N2O3S/c1-13-11-21(2,3)24-19-16(13)5-4-6-17(19)22(20(24)27)23(18(26)12-28-22)14-7-9-15(25)10-8-14/h4-10,13,25H,11-12H2,1-3H3/t13-,22-/m1/s1. The van der Waals surface area contributed by atoms with Crippen LogP contribution in [0.4, 0.5) is 11.4 Å². The largest absolute Gasteiger partial charge is 0.508 e. The quantitative estimate of drug-likeness (QED) is 0.795. The molecule has 2 aromatic carbocycles. The van der Waals surface area contributed by atoms with E-state index in [0.717, 1.165) is 17.7 Å². The second kappa shape index (κ2) is 5.54. The van der Waals surface area contributed by atoms with Crippen molar-refractivity contribution in [3.8, 4) is 5.75 Å². The van der Waals surface area contributed by atoms with Gasteiger partial charge in [0.25, 0.3) is 5.91 Å². The van der Waals surface area contributed by atoms with Gasteiger partial charge in [-0.05, 0) is 56.0 Å². The first-order valence-corrected chi connectivity index (χ1v) is 10.5. The van der Waals surface area contributed by atoms with Gasteiger partial charge in [0.2, 0.25) is 10.8 Å². The number of phenols is 1. The van der Waals surface area contributed by atoms with Crippen molar-refractivity contribution < 1.29 is 14.7 Å². The smallest absolute Gasteiger partial charge is 0.269 e. The maximum atomic E-state index is 14.0. The van der Waals surface area contributed by atoms with E-state index in [1.54, 1.807) is 29.2 Å². The Kier molecular flexibility index (Phi) is 3.48. The lowest BCUT2D eigenvalue weighted by Crippen LogP contribution is -2.56. The van der Waals surface area contributed by atoms with Gasteiger partial charge >= 0.3 is 0 Å². The molecule has 2 amide bonds. The molecule has 5 rings (SSSR count). The minimum atomic E-state index is -1.08. The van der Waals surface area contributed by atoms with Crippen LogP contribution < -0.4 is 9.80 Å². The van der Waals surface area contributed by atoms with Crippen molar-refractivity contribution in [2.45, 2.75) is 43.5 Å². The number of carbonyl (C=O) groups excluding carboxylic acids is 2. The number of hydrogen-bond donors (Lipinski definition) is 1. The van der Waals surface area contributed by atoms with Crippen LogP contribution in [0.15, 0.2) is 42.5 Å². The molecule has 1 N–H and O–H groups in total. The summed E-state index contributed by atoms with van der Waals surface area (Å²) in [6, 6.07) is 12.6. The third kappa shape index (κ3) is 2.04. The first-order chi connectivity index (χ1) is 13.3. The Hall–Kier alpha value is -2.47. The molecule has 0 radical (unpaired) electrons. The summed E-state index contributed by atoms with van der Waals surface area (Å²) in [7, 11) is 0. The Morgan fingerprint density at radius 2 is 1.79 bits per heavy atom. The molecule has 2 aromatic rings. The number of amides is 2. The zero-order valence-electron chi connectivity index (χ0n) is 16.1. The highest BCUT2D eigenvalue weighted by Gasteiger charge is 2.64. The normalized spacial score (nSPS) is 27.6. The van der Waals surface area contributed by atoms with Gasteiger partial charge in [0.1, 0.15) is 5.75 Å². The molecule has 6 heteroatoms. The van der Waals surface area contributed by atoms with Crippen molar-refractivity contribution in [3.05, 3.63) is 53.6 Å². The molecule has 5 nitrogen and oxygen atoms in total. The number of carbonyl (C=O) groups is 2. The zero-order valence-corrected chi connectivity index (χ0v) is 16.9. The summed E-state index contributed by atoms with van der Waals surface area (Å²) in [4.78, 5) is 29.4. The van der Waals surface area contributed by atoms with Gasteiger partial charge < -0.3 is 10.0 Å². The van der Waals surface area contributed by atoms with Crippen molar-refractivity contribution in [1.29, 1.82) is 0 Å². The molecule has 1 fully saturated rings. The maximum Gasteiger partial charge on any atom is 0.269 e. The summed E-state index contributed by atoms with van der Waals surface area (Å²) in [5, 5.41) is 9.67. The van der Waals surface area contributed by atoms with E-state index in [-0.39, 0.29) is 28.9 Å². The number of nitrogens with zero attached hydrogens (tertiary/aromatic N) is 2. The molecule has 0 bridgehead atoms. The maximum absolute atomic E-state index is 14.0. The Bertz CT molecular complexity index is 1020. The molecule has 1 saturated heterocycles. The van der Waals surface area contributed by atoms with Crippen LogP contribution in [0.1, 0.15) is 44.2 Å². The molecule has 3 aliphatic heterocycles. The van der Waals surface area contributed by atoms with Gasteiger partial charge in [-0.2, -0.15) is 0 Å². The fourth-order valence-electron chi connectivity index (χ4n) is 5.13. The number of para-hydroxylation sites is 1. The Labute approximate surface area is 168 Å². The number of phenolic OH excluding ortho intramolecular Hbond substituents is 1. The molecule has 144 valence electrons. The zero-order chi connectivity index (χ0) is 19.8. The lowest BCUT2D eigenvalue weighted by Gasteiger charge is -2.44. The van der Waals surface area contributed by atoms with Crippen LogP contribution in [0.5, 0.6) is 5.75 Å². The van der Waals surface area contributed by atoms with E-state index in [9.17, 15) is 14.7 Å². The number of thioether (sulfide) groups is 1. The van der Waals surface area contributed by atoms with Gasteiger partial charge in [-0.15, -0.1) is 11.8 Å². The second-order valence-electron chi connectivity index (χ2n) is 8.48. The van der Waals surface area contributed by atoms with Gasteiger partial charge in [-0.1, -0.05) is 25.1 Å². The minimum absolute atomic E-state index is 0.0456. The Balaban J connectivity index is 1.78. The molecule has 1 spiro atoms. The topological polar surface area (TPSA) is 60.9 Å². The van der Waals surface area contributed by atoms with E-state index < -0.39 is 4.87 Å². The molecule has 3 heterocycles. The predicted octanol–water partition coefficient (Wildman–Crippen LogP) is 3.96. The van der Waals surface area contributed by atoms with Crippen LogP contribution in [-0.4, -0.2) is 28.2 Å². The fraction of sp³-hybridized carbons (Fsp3) is 0.364. The molecule has 0 aromatic heterocycles. The lowest BCUT2D eigenvalue weighted by atomic mass is 9.80. The van der Waals surface area contributed by atoms with Gasteiger partial charge in [-0.3, -0.25) is 14.5 Å². The van der Waals surface area contributed by atoms with Crippen LogP contribution in [0, 0.1) is 0 Å². The molecule has 0 saturated carbocycles. The van der Waals surface area contributed by atoms with Gasteiger partial charge in [0, 0.05) is 16.8 Å². The third-order valence-corrected chi connectivity index (χ3v) is 7.55. The molecule has 0 aliphatic carbocycles. The van der Waals surface area contributed by atoms with Crippen LogP contribution in [-0.2, 0) is 14.5 Å². The average molecular weight is 394 g/mol. The summed E-state index contributed by atoms with van der Waals surface area (Å²) in [5.41, 5.74) is 3.36. The highest BCUT2D eigenvalue weighted by Crippen LogP contribution is 2.61. The first kappa shape index (κ1) is 17.6. The van der Waals surface area contributed by atoms with Crippen molar-refractivity contribution in [2.24, 2.45) is 0 Å². The van der Waals surface area contributed by atoms with Crippen molar-refractivity contribution in [3.63, 3.8) is 0 Å². The predicted molar refractivity (Wildman–Crippen MR) is 111 cm³/mol. The summed E-state index contributed by atoms with van der Waals surface area (Å²) in [6.45, 7) is 6.41. The molecule has 28 heavy (non-hydrogen) atoms. The fourth-order valence-corrected chi connectivity index (χ4v) is 6.47. The SMILES string of the molecule is C[C@@H]1CC(C)(C)N2C(=O)[C@]3(SCC(=O)N3c3ccc(O)cc3)c3cccc1c32. The van der Waals surface area contributed by atoms with E-state index >= 15 is 0 Å². The summed E-state index contributed by atoms with van der Waals surface area (Å²) < 4.78 is 0. The highest BCUT2D eigenvalue weighted by atomic mass is 32.2. The van der Waals surface area contributed by atoms with Crippen molar-refractivity contribution in [2.75, 3.05) is 15.6 Å². The molecule has 0 unspecified atom stereocenters. The molecule has 3 aliphatic rings. The van der Waals surface area contributed by atoms with Crippen LogP contribution in [0.2, 0.25) is 0 Å². The number of hydrogen-bond acceptors (Lipinski definition) is 4. The second-order valence-corrected chi connectivity index (χ2v) is 9.65. The number of fused-ring (bicyclic) bond motifs is 1. The Morgan fingerprint density at radius 3 is 2.50 bits per heavy atom. The van der Waals surface area contributed by atoms with Gasteiger partial charge in [-0.25, -0.2) is 0 Å². The third-order valence-electron chi connectivity index (χ3n) is 6.17. The van der Waals surface area contributed by atoms with E-state index in [1.807, 2.05) is 17.0 Å². The first-order valence-electron chi connectivity index (χ1n) is 9.51. The van der Waals surface area contributed by atoms with Crippen LogP contribution in [0.3, 0.4) is 0 Å². The van der Waals surface area contributed by atoms with Crippen molar-refractivity contribution in [1.82, 2.24) is 0 Å². The monoisotopic (exact) mass is 394 g/mol. The number of benzene rings is 2. The van der Waals surface area contributed by atoms with E-state index in [4.69, 9.17) is 0 Å². The van der Waals surface area contributed by atoms with E-state index in [1.165, 1.54) is 17.3 Å². The number of rotatable bonds is 1. The molecular formula is C22H22N2O3S. The van der Waals surface area contributed by atoms with E-state index in [2.05, 4.69) is 26.8 Å². The number of aromatic hydroxyl groups is 1. The summed E-state index contributed by atoms with van der Waals surface area (Å²) in [6.07, 6.45) is 0.878. The Morgan fingerprint density at radius 1 is 1.07 bits per heavy atom. The summed E-state index contributed by atoms with van der Waals surface area (Å²) in [5.74, 6) is 0.587. The van der Waals surface area contributed by atoms with Crippen molar-refractivity contribution >= 4 is 35.0 Å². The van der Waals surface area contributed by atoms with Gasteiger partial charge in [0.15, 0.2) is 0 Å². The lowest BCUT2D eigenvalue weighted by molar-refractivity contribution is -0.124. The van der Waals surface area contributed by atoms with E-state index in [0.29, 0.717) is 11.6 Å². The molecule has 2 atom stereocenters. The van der Waals surface area contributed by atoms with Gasteiger partial charge in [0.05, 0.1) is 11.4 Å². The minimum Gasteiger partial charge on any atom is -0.508 e. The molecular weight excluding hydrogens is 372 g/mol. The van der Waals surface area contributed by atoms with Crippen LogP contribution in [0.25, 0.3) is 0 Å². The average Bonchev–Trinajstić information content (AvgIpc) is 3.11.